The number of ether oxygens (including phenoxy) is 1. The average Bonchev–Trinajstić information content (AvgIpc) is 2.98. The Bertz CT molecular complexity index is 875. The van der Waals surface area contributed by atoms with Gasteiger partial charge in [0.2, 0.25) is 0 Å². The number of hydrogen-bond donors (Lipinski definition) is 1. The molecule has 1 aliphatic heterocycles. The van der Waals surface area contributed by atoms with E-state index in [4.69, 9.17) is 4.74 Å². The lowest BCUT2D eigenvalue weighted by Crippen LogP contribution is -2.30. The van der Waals surface area contributed by atoms with Crippen molar-refractivity contribution in [1.82, 2.24) is 4.90 Å². The number of carbonyl (C=O) groups excluding carboxylic acids is 4. The van der Waals surface area contributed by atoms with Gasteiger partial charge in [0.1, 0.15) is 0 Å². The predicted octanol–water partition coefficient (Wildman–Crippen LogP) is 3.02. The van der Waals surface area contributed by atoms with Gasteiger partial charge in [0.25, 0.3) is 17.7 Å². The molecule has 1 heterocycles. The van der Waals surface area contributed by atoms with E-state index in [0.717, 1.165) is 0 Å². The molecule has 2 aromatic carbocycles. The van der Waals surface area contributed by atoms with Crippen LogP contribution in [0.4, 0.5) is 5.69 Å². The molecule has 3 rings (SSSR count). The van der Waals surface area contributed by atoms with Crippen molar-refractivity contribution >= 4 is 29.4 Å². The van der Waals surface area contributed by atoms with E-state index >= 15 is 0 Å². The Kier molecular flexibility index (Phi) is 6.73. The zero-order valence-electron chi connectivity index (χ0n) is 15.9. The number of nitrogens with zero attached hydrogens (tertiary/aromatic N) is 1. The van der Waals surface area contributed by atoms with E-state index in [0.29, 0.717) is 42.6 Å². The van der Waals surface area contributed by atoms with Gasteiger partial charge >= 0.3 is 5.97 Å². The second-order valence-corrected chi connectivity index (χ2v) is 6.69. The number of imide groups is 1. The molecule has 0 fully saturated rings. The van der Waals surface area contributed by atoms with Gasteiger partial charge < -0.3 is 10.1 Å². The van der Waals surface area contributed by atoms with E-state index < -0.39 is 11.9 Å². The Morgan fingerprint density at radius 3 is 2.10 bits per heavy atom. The van der Waals surface area contributed by atoms with Crippen LogP contribution in [0.2, 0.25) is 0 Å². The SMILES string of the molecule is O=C(COC(=O)CCCCCN1C(=O)c2ccccc2C1=O)Nc1ccccc1. The van der Waals surface area contributed by atoms with Crippen molar-refractivity contribution in [2.45, 2.75) is 25.7 Å². The molecule has 7 nitrogen and oxygen atoms in total. The molecular weight excluding hydrogens is 372 g/mol. The standard InChI is InChI=1S/C22H22N2O5/c25-19(23-16-9-3-1-4-10-16)15-29-20(26)13-5-2-8-14-24-21(27)17-11-6-7-12-18(17)22(24)28/h1,3-4,6-7,9-12H,2,5,8,13-15H2,(H,23,25). The van der Waals surface area contributed by atoms with E-state index in [9.17, 15) is 19.2 Å². The van der Waals surface area contributed by atoms with Crippen LogP contribution in [-0.2, 0) is 14.3 Å². The molecular formula is C22H22N2O5. The highest BCUT2D eigenvalue weighted by atomic mass is 16.5. The fourth-order valence-electron chi connectivity index (χ4n) is 3.10. The van der Waals surface area contributed by atoms with Gasteiger partial charge in [-0.3, -0.25) is 24.1 Å². The number of rotatable bonds is 9. The molecule has 0 bridgehead atoms. The topological polar surface area (TPSA) is 92.8 Å². The number of para-hydroxylation sites is 1. The van der Waals surface area contributed by atoms with Crippen LogP contribution in [0.3, 0.4) is 0 Å². The van der Waals surface area contributed by atoms with Crippen molar-refractivity contribution in [3.05, 3.63) is 65.7 Å². The summed E-state index contributed by atoms with van der Waals surface area (Å²) in [5, 5.41) is 2.64. The highest BCUT2D eigenvalue weighted by molar-refractivity contribution is 6.21. The van der Waals surface area contributed by atoms with Gasteiger partial charge in [-0.05, 0) is 37.1 Å². The van der Waals surface area contributed by atoms with Crippen molar-refractivity contribution in [3.8, 4) is 0 Å². The van der Waals surface area contributed by atoms with Gasteiger partial charge in [-0.2, -0.15) is 0 Å². The Hall–Kier alpha value is -3.48. The second-order valence-electron chi connectivity index (χ2n) is 6.69. The largest absolute Gasteiger partial charge is 0.456 e. The van der Waals surface area contributed by atoms with Crippen molar-refractivity contribution in [2.24, 2.45) is 0 Å². The molecule has 3 amide bonds. The first-order valence-corrected chi connectivity index (χ1v) is 9.52. The summed E-state index contributed by atoms with van der Waals surface area (Å²) in [6.45, 7) is -0.0103. The van der Waals surface area contributed by atoms with Crippen LogP contribution in [0.25, 0.3) is 0 Å². The first kappa shape index (κ1) is 20.3. The van der Waals surface area contributed by atoms with E-state index in [2.05, 4.69) is 5.32 Å². The summed E-state index contributed by atoms with van der Waals surface area (Å²) in [7, 11) is 0. The third kappa shape index (κ3) is 5.28. The number of hydrogen-bond acceptors (Lipinski definition) is 5. The Morgan fingerprint density at radius 2 is 1.45 bits per heavy atom. The maximum atomic E-state index is 12.3. The number of nitrogens with one attached hydrogen (secondary N) is 1. The lowest BCUT2D eigenvalue weighted by molar-refractivity contribution is -0.147. The van der Waals surface area contributed by atoms with Gasteiger partial charge in [0, 0.05) is 18.7 Å². The number of fused-ring (bicyclic) bond motifs is 1. The molecule has 0 spiro atoms. The summed E-state index contributed by atoms with van der Waals surface area (Å²) in [6, 6.07) is 15.7. The van der Waals surface area contributed by atoms with Crippen molar-refractivity contribution in [1.29, 1.82) is 0 Å². The van der Waals surface area contributed by atoms with Gasteiger partial charge in [-0.25, -0.2) is 0 Å². The van der Waals surface area contributed by atoms with Crippen LogP contribution in [0, 0.1) is 0 Å². The summed E-state index contributed by atoms with van der Waals surface area (Å²) in [4.78, 5) is 49.2. The molecule has 2 aromatic rings. The predicted molar refractivity (Wildman–Crippen MR) is 106 cm³/mol. The van der Waals surface area contributed by atoms with E-state index in [1.165, 1.54) is 4.90 Å². The molecule has 0 saturated heterocycles. The minimum Gasteiger partial charge on any atom is -0.456 e. The van der Waals surface area contributed by atoms with Crippen molar-refractivity contribution < 1.29 is 23.9 Å². The van der Waals surface area contributed by atoms with Crippen LogP contribution < -0.4 is 5.32 Å². The Morgan fingerprint density at radius 1 is 0.828 bits per heavy atom. The zero-order valence-corrected chi connectivity index (χ0v) is 15.9. The summed E-state index contributed by atoms with van der Waals surface area (Å²) < 4.78 is 4.96. The Balaban J connectivity index is 1.30. The zero-order chi connectivity index (χ0) is 20.6. The average molecular weight is 394 g/mol. The number of amides is 3. The van der Waals surface area contributed by atoms with Crippen LogP contribution in [0.1, 0.15) is 46.4 Å². The Labute approximate surface area is 168 Å². The van der Waals surface area contributed by atoms with Crippen LogP contribution in [0.5, 0.6) is 0 Å². The number of esters is 1. The lowest BCUT2D eigenvalue weighted by Gasteiger charge is -2.13. The molecule has 1 aliphatic rings. The lowest BCUT2D eigenvalue weighted by atomic mass is 10.1. The van der Waals surface area contributed by atoms with Gasteiger partial charge in [0.15, 0.2) is 6.61 Å². The fourth-order valence-corrected chi connectivity index (χ4v) is 3.10. The molecule has 150 valence electrons. The maximum Gasteiger partial charge on any atom is 0.306 e. The molecule has 1 N–H and O–H groups in total. The first-order valence-electron chi connectivity index (χ1n) is 9.52. The summed E-state index contributed by atoms with van der Waals surface area (Å²) >= 11 is 0. The smallest absolute Gasteiger partial charge is 0.306 e. The highest BCUT2D eigenvalue weighted by Gasteiger charge is 2.34. The van der Waals surface area contributed by atoms with Crippen molar-refractivity contribution in [2.75, 3.05) is 18.5 Å². The minimum atomic E-state index is -0.450. The molecule has 7 heteroatoms. The quantitative estimate of drug-likeness (QED) is 0.401. The van der Waals surface area contributed by atoms with Crippen LogP contribution in [0.15, 0.2) is 54.6 Å². The van der Waals surface area contributed by atoms with Gasteiger partial charge in [-0.1, -0.05) is 36.8 Å². The van der Waals surface area contributed by atoms with Crippen LogP contribution >= 0.6 is 0 Å². The summed E-state index contributed by atoms with van der Waals surface area (Å²) in [6.07, 6.45) is 2.01. The molecule has 0 aliphatic carbocycles. The number of anilines is 1. The molecule has 0 aromatic heterocycles. The highest BCUT2D eigenvalue weighted by Crippen LogP contribution is 2.22. The normalized spacial score (nSPS) is 12.6. The third-order valence-corrected chi connectivity index (χ3v) is 4.56. The van der Waals surface area contributed by atoms with Gasteiger partial charge in [0.05, 0.1) is 11.1 Å². The molecule has 29 heavy (non-hydrogen) atoms. The first-order chi connectivity index (χ1) is 14.1. The van der Waals surface area contributed by atoms with Crippen molar-refractivity contribution in [3.63, 3.8) is 0 Å². The monoisotopic (exact) mass is 394 g/mol. The van der Waals surface area contributed by atoms with Gasteiger partial charge in [-0.15, -0.1) is 0 Å². The fraction of sp³-hybridized carbons (Fsp3) is 0.273. The molecule has 0 radical (unpaired) electrons. The molecule has 0 unspecified atom stereocenters. The van der Waals surface area contributed by atoms with E-state index in [1.54, 1.807) is 48.5 Å². The third-order valence-electron chi connectivity index (χ3n) is 4.56. The second kappa shape index (κ2) is 9.64. The van der Waals surface area contributed by atoms with Crippen LogP contribution in [-0.4, -0.2) is 41.7 Å². The maximum absolute atomic E-state index is 12.3. The number of carbonyl (C=O) groups is 4. The van der Waals surface area contributed by atoms with E-state index in [-0.39, 0.29) is 24.8 Å². The molecule has 0 saturated carbocycles. The number of benzene rings is 2. The minimum absolute atomic E-state index is 0.181. The molecule has 0 atom stereocenters. The number of unbranched alkanes of at least 4 members (excludes halogenated alkanes) is 2. The summed E-state index contributed by atoms with van der Waals surface area (Å²) in [5.74, 6) is -1.38. The summed E-state index contributed by atoms with van der Waals surface area (Å²) in [5.41, 5.74) is 1.52. The van der Waals surface area contributed by atoms with E-state index in [1.807, 2.05) is 6.07 Å².